The maximum atomic E-state index is 5.85. The van der Waals surface area contributed by atoms with Gasteiger partial charge in [-0.3, -0.25) is 4.40 Å². The van der Waals surface area contributed by atoms with E-state index in [2.05, 4.69) is 15.2 Å². The largest absolute Gasteiger partial charge is 0.269 e. The summed E-state index contributed by atoms with van der Waals surface area (Å²) in [7, 11) is 0. The van der Waals surface area contributed by atoms with Gasteiger partial charge in [-0.1, -0.05) is 50.1 Å². The van der Waals surface area contributed by atoms with Crippen molar-refractivity contribution in [1.29, 1.82) is 0 Å². The van der Waals surface area contributed by atoms with E-state index in [4.69, 9.17) is 11.6 Å². The van der Waals surface area contributed by atoms with Crippen LogP contribution in [0.3, 0.4) is 0 Å². The van der Waals surface area contributed by atoms with Crippen LogP contribution in [0.4, 0.5) is 0 Å². The Morgan fingerprint density at radius 3 is 2.72 bits per heavy atom. The lowest BCUT2D eigenvalue weighted by molar-refractivity contribution is 0.446. The van der Waals surface area contributed by atoms with Gasteiger partial charge in [-0.05, 0) is 5.92 Å². The van der Waals surface area contributed by atoms with Crippen molar-refractivity contribution in [2.45, 2.75) is 44.9 Å². The first kappa shape index (κ1) is 11.9. The first-order chi connectivity index (χ1) is 8.83. The molecule has 0 bridgehead atoms. The molecule has 2 heterocycles. The number of hydrogen-bond acceptors (Lipinski definition) is 3. The second kappa shape index (κ2) is 5.22. The molecule has 0 unspecified atom stereocenters. The van der Waals surface area contributed by atoms with Gasteiger partial charge in [0.1, 0.15) is 17.3 Å². The van der Waals surface area contributed by atoms with Crippen LogP contribution in [0.1, 0.15) is 44.3 Å². The Kier molecular flexibility index (Phi) is 3.46. The van der Waals surface area contributed by atoms with Gasteiger partial charge in [-0.15, -0.1) is 10.2 Å². The van der Waals surface area contributed by atoms with E-state index in [1.165, 1.54) is 38.5 Å². The van der Waals surface area contributed by atoms with Crippen LogP contribution in [0.15, 0.2) is 12.4 Å². The van der Waals surface area contributed by atoms with Crippen LogP contribution < -0.4 is 0 Å². The summed E-state index contributed by atoms with van der Waals surface area (Å²) in [5.41, 5.74) is 0.790. The van der Waals surface area contributed by atoms with Gasteiger partial charge >= 0.3 is 0 Å². The van der Waals surface area contributed by atoms with Crippen LogP contribution in [0, 0.1) is 5.92 Å². The third-order valence-electron chi connectivity index (χ3n) is 3.78. The third-order valence-corrected chi connectivity index (χ3v) is 3.99. The molecule has 0 aliphatic heterocycles. The quantitative estimate of drug-likeness (QED) is 0.617. The van der Waals surface area contributed by atoms with Crippen molar-refractivity contribution in [3.8, 4) is 0 Å². The van der Waals surface area contributed by atoms with E-state index in [9.17, 15) is 0 Å². The molecule has 0 spiro atoms. The van der Waals surface area contributed by atoms with Crippen molar-refractivity contribution in [2.75, 3.05) is 0 Å². The average Bonchev–Trinajstić information content (AvgIpc) is 2.59. The van der Waals surface area contributed by atoms with Crippen molar-refractivity contribution in [2.24, 2.45) is 5.92 Å². The first-order valence-corrected chi connectivity index (χ1v) is 7.06. The monoisotopic (exact) mass is 264 g/mol. The van der Waals surface area contributed by atoms with Crippen molar-refractivity contribution < 1.29 is 0 Å². The van der Waals surface area contributed by atoms with E-state index in [1.807, 2.05) is 4.40 Å². The summed E-state index contributed by atoms with van der Waals surface area (Å²) in [6.45, 7) is 0. The first-order valence-electron chi connectivity index (χ1n) is 6.68. The van der Waals surface area contributed by atoms with Crippen LogP contribution in [0.25, 0.3) is 5.65 Å². The molecule has 1 aliphatic rings. The molecule has 0 N–H and O–H groups in total. The second-order valence-corrected chi connectivity index (χ2v) is 5.51. The molecule has 0 atom stereocenters. The topological polar surface area (TPSA) is 43.1 Å². The minimum absolute atomic E-state index is 0.468. The van der Waals surface area contributed by atoms with Gasteiger partial charge in [-0.25, -0.2) is 4.98 Å². The summed E-state index contributed by atoms with van der Waals surface area (Å²) in [6.07, 6.45) is 10.8. The van der Waals surface area contributed by atoms with E-state index < -0.39 is 0 Å². The standard InChI is InChI=1S/C13H17ClN4/c14-11-8-13-17-16-12(18(13)9-15-11)7-10-5-3-1-2-4-6-10/h8-10H,1-7H2. The van der Waals surface area contributed by atoms with Crippen LogP contribution in [-0.2, 0) is 6.42 Å². The van der Waals surface area contributed by atoms with Crippen LogP contribution in [0.5, 0.6) is 0 Å². The summed E-state index contributed by atoms with van der Waals surface area (Å²) >= 11 is 5.85. The zero-order valence-electron chi connectivity index (χ0n) is 10.3. The molecule has 2 aromatic heterocycles. The molecule has 0 radical (unpaired) electrons. The molecule has 0 aromatic carbocycles. The smallest absolute Gasteiger partial charge is 0.165 e. The van der Waals surface area contributed by atoms with Crippen LogP contribution in [-0.4, -0.2) is 19.6 Å². The van der Waals surface area contributed by atoms with Crippen LogP contribution in [0.2, 0.25) is 5.15 Å². The zero-order valence-corrected chi connectivity index (χ0v) is 11.1. The lowest BCUT2D eigenvalue weighted by atomic mass is 9.96. The lowest BCUT2D eigenvalue weighted by Crippen LogP contribution is -2.07. The van der Waals surface area contributed by atoms with Gasteiger partial charge in [0, 0.05) is 12.5 Å². The van der Waals surface area contributed by atoms with E-state index in [0.717, 1.165) is 23.8 Å². The number of fused-ring (bicyclic) bond motifs is 1. The van der Waals surface area contributed by atoms with Crippen molar-refractivity contribution in [3.63, 3.8) is 0 Å². The molecule has 96 valence electrons. The maximum Gasteiger partial charge on any atom is 0.165 e. The number of aromatic nitrogens is 4. The van der Waals surface area contributed by atoms with E-state index in [1.54, 1.807) is 12.4 Å². The molecular weight excluding hydrogens is 248 g/mol. The van der Waals surface area contributed by atoms with Gasteiger partial charge in [0.2, 0.25) is 0 Å². The van der Waals surface area contributed by atoms with E-state index in [0.29, 0.717) is 5.15 Å². The Hall–Kier alpha value is -1.16. The normalized spacial score (nSPS) is 18.1. The molecule has 5 heteroatoms. The SMILES string of the molecule is Clc1cc2nnc(CC3CCCCCC3)n2cn1. The molecule has 2 aromatic rings. The van der Waals surface area contributed by atoms with Gasteiger partial charge in [-0.2, -0.15) is 0 Å². The highest BCUT2D eigenvalue weighted by Crippen LogP contribution is 2.25. The fraction of sp³-hybridized carbons (Fsp3) is 0.615. The zero-order chi connectivity index (χ0) is 12.4. The number of halogens is 1. The minimum Gasteiger partial charge on any atom is -0.269 e. The number of nitrogens with zero attached hydrogens (tertiary/aromatic N) is 4. The van der Waals surface area contributed by atoms with Gasteiger partial charge < -0.3 is 0 Å². The van der Waals surface area contributed by atoms with Crippen molar-refractivity contribution in [3.05, 3.63) is 23.4 Å². The molecule has 3 rings (SSSR count). The summed E-state index contributed by atoms with van der Waals surface area (Å²) in [4.78, 5) is 4.10. The second-order valence-electron chi connectivity index (χ2n) is 5.12. The number of rotatable bonds is 2. The summed E-state index contributed by atoms with van der Waals surface area (Å²) in [5, 5.41) is 8.90. The Bertz CT molecular complexity index is 529. The highest BCUT2D eigenvalue weighted by atomic mass is 35.5. The van der Waals surface area contributed by atoms with Crippen LogP contribution >= 0.6 is 11.6 Å². The Balaban J connectivity index is 1.81. The predicted octanol–water partition coefficient (Wildman–Crippen LogP) is 3.29. The van der Waals surface area contributed by atoms with Gasteiger partial charge in [0.05, 0.1) is 0 Å². The van der Waals surface area contributed by atoms with Crippen molar-refractivity contribution >= 4 is 17.2 Å². The molecule has 4 nitrogen and oxygen atoms in total. The van der Waals surface area contributed by atoms with Crippen molar-refractivity contribution in [1.82, 2.24) is 19.6 Å². The Morgan fingerprint density at radius 1 is 1.17 bits per heavy atom. The molecule has 0 saturated heterocycles. The molecule has 0 amide bonds. The number of hydrogen-bond donors (Lipinski definition) is 0. The Morgan fingerprint density at radius 2 is 1.94 bits per heavy atom. The average molecular weight is 265 g/mol. The summed E-state index contributed by atoms with van der Waals surface area (Å²) in [6, 6.07) is 1.76. The molecule has 1 saturated carbocycles. The fourth-order valence-corrected chi connectivity index (χ4v) is 2.93. The summed E-state index contributed by atoms with van der Waals surface area (Å²) in [5.74, 6) is 1.76. The lowest BCUT2D eigenvalue weighted by Gasteiger charge is -2.11. The Labute approximate surface area is 111 Å². The fourth-order valence-electron chi connectivity index (χ4n) is 2.78. The molecule has 18 heavy (non-hydrogen) atoms. The van der Waals surface area contributed by atoms with Gasteiger partial charge in [0.25, 0.3) is 0 Å². The molecule has 1 aliphatic carbocycles. The third kappa shape index (κ3) is 2.48. The van der Waals surface area contributed by atoms with Gasteiger partial charge in [0.15, 0.2) is 5.65 Å². The highest BCUT2D eigenvalue weighted by molar-refractivity contribution is 6.29. The summed E-state index contributed by atoms with van der Waals surface area (Å²) < 4.78 is 1.96. The maximum absolute atomic E-state index is 5.85. The minimum atomic E-state index is 0.468. The molecule has 1 fully saturated rings. The van der Waals surface area contributed by atoms with E-state index >= 15 is 0 Å². The molecular formula is C13H17ClN4. The highest BCUT2D eigenvalue weighted by Gasteiger charge is 2.16. The van der Waals surface area contributed by atoms with E-state index in [-0.39, 0.29) is 0 Å². The predicted molar refractivity (Wildman–Crippen MR) is 70.7 cm³/mol.